The number of pyridine rings is 1. The van der Waals surface area contributed by atoms with E-state index in [0.717, 1.165) is 22.2 Å². The Hall–Kier alpha value is -3.01. The number of benzene rings is 1. The smallest absolute Gasteiger partial charge is 0.255 e. The minimum atomic E-state index is 0.00167. The molecule has 4 rings (SSSR count). The number of hydrogen-bond acceptors (Lipinski definition) is 2. The van der Waals surface area contributed by atoms with Crippen LogP contribution in [0, 0.1) is 13.0 Å². The van der Waals surface area contributed by atoms with Gasteiger partial charge >= 0.3 is 0 Å². The lowest BCUT2D eigenvalue weighted by molar-refractivity contribution is -0.120. The fourth-order valence-corrected chi connectivity index (χ4v) is 2.70. The van der Waals surface area contributed by atoms with Crippen LogP contribution < -0.4 is 10.9 Å². The van der Waals surface area contributed by atoms with Crippen LogP contribution in [0.3, 0.4) is 0 Å². The van der Waals surface area contributed by atoms with Gasteiger partial charge in [-0.3, -0.25) is 14.2 Å². The molecule has 1 aromatic carbocycles. The molecule has 2 heterocycles. The predicted molar refractivity (Wildman–Crippen MR) is 122 cm³/mol. The Morgan fingerprint density at radius 3 is 2.28 bits per heavy atom. The van der Waals surface area contributed by atoms with Gasteiger partial charge in [0.1, 0.15) is 6.08 Å². The molecule has 2 aliphatic rings. The maximum Gasteiger partial charge on any atom is 0.255 e. The Kier molecular flexibility index (Phi) is 9.03. The van der Waals surface area contributed by atoms with E-state index in [1.165, 1.54) is 5.57 Å². The van der Waals surface area contributed by atoms with E-state index in [1.807, 2.05) is 80.7 Å². The molecule has 0 saturated heterocycles. The molecule has 0 atom stereocenters. The highest BCUT2D eigenvalue weighted by atomic mass is 79.9. The van der Waals surface area contributed by atoms with Crippen LogP contribution in [0.2, 0.25) is 0 Å². The number of aromatic nitrogens is 1. The van der Waals surface area contributed by atoms with E-state index < -0.39 is 0 Å². The monoisotopic (exact) mass is 451 g/mol. The number of carbonyl (C=O) groups excluding carboxylic acids is 1. The summed E-state index contributed by atoms with van der Waals surface area (Å²) in [6.45, 7) is 3.98. The fraction of sp³-hybridized carbons (Fsp3) is 0.167. The largest absolute Gasteiger partial charge is 0.333 e. The molecule has 29 heavy (non-hydrogen) atoms. The Labute approximate surface area is 180 Å². The van der Waals surface area contributed by atoms with Gasteiger partial charge in [0.15, 0.2) is 4.48 Å². The summed E-state index contributed by atoms with van der Waals surface area (Å²) in [5.41, 5.74) is 3.24. The SMILES string of the molecule is BrC1=CC=CC=[C+]1.CC1=CNC(=O)CC1.Cc1ccc(=O)n(-c2ccccc2)c1. The highest BCUT2D eigenvalue weighted by molar-refractivity contribution is 9.11. The molecule has 1 aliphatic carbocycles. The summed E-state index contributed by atoms with van der Waals surface area (Å²) in [4.78, 5) is 22.0. The Morgan fingerprint density at radius 2 is 1.76 bits per heavy atom. The van der Waals surface area contributed by atoms with Crippen molar-refractivity contribution in [2.24, 2.45) is 0 Å². The van der Waals surface area contributed by atoms with Crippen molar-refractivity contribution in [3.63, 3.8) is 0 Å². The molecule has 0 unspecified atom stereocenters. The Morgan fingerprint density at radius 1 is 1.00 bits per heavy atom. The van der Waals surface area contributed by atoms with E-state index in [0.29, 0.717) is 6.42 Å². The van der Waals surface area contributed by atoms with Gasteiger partial charge in [-0.05, 0) is 53.9 Å². The summed E-state index contributed by atoms with van der Waals surface area (Å²) in [7, 11) is 0. The average molecular weight is 452 g/mol. The Balaban J connectivity index is 0.000000170. The zero-order chi connectivity index (χ0) is 21.1. The third-order valence-corrected chi connectivity index (χ3v) is 4.48. The van der Waals surface area contributed by atoms with Crippen molar-refractivity contribution in [2.45, 2.75) is 26.7 Å². The number of carbonyl (C=O) groups is 1. The molecular weight excluding hydrogens is 428 g/mol. The van der Waals surface area contributed by atoms with E-state index in [1.54, 1.807) is 16.8 Å². The molecule has 1 aromatic heterocycles. The minimum absolute atomic E-state index is 0.00167. The molecule has 1 amide bonds. The highest BCUT2D eigenvalue weighted by Gasteiger charge is 2.04. The van der Waals surface area contributed by atoms with Crippen LogP contribution in [0.25, 0.3) is 5.69 Å². The van der Waals surface area contributed by atoms with Crippen molar-refractivity contribution in [1.29, 1.82) is 0 Å². The van der Waals surface area contributed by atoms with Gasteiger partial charge in [0.05, 0.1) is 18.2 Å². The normalized spacial score (nSPS) is 14.1. The number of nitrogens with one attached hydrogen (secondary N) is 1. The van der Waals surface area contributed by atoms with Gasteiger partial charge < -0.3 is 5.32 Å². The van der Waals surface area contributed by atoms with Gasteiger partial charge in [-0.15, -0.1) is 0 Å². The molecule has 0 radical (unpaired) electrons. The molecular formula is C24H24BrN2O2+. The van der Waals surface area contributed by atoms with E-state index in [4.69, 9.17) is 0 Å². The standard InChI is InChI=1S/C12H11NO.C6H4Br.C6H9NO/c1-10-7-8-12(14)13(9-10)11-5-3-2-4-6-11;7-6-4-2-1-3-5-6;1-5-2-3-6(8)7-4-5/h2-9H,1H3;1-4H;4H,2-3H2,1H3,(H,7,8)/q;+1;. The first-order valence-electron chi connectivity index (χ1n) is 9.27. The Bertz CT molecular complexity index is 999. The van der Waals surface area contributed by atoms with Crippen LogP contribution in [0.15, 0.2) is 94.0 Å². The number of aryl methyl sites for hydroxylation is 1. The zero-order valence-corrected chi connectivity index (χ0v) is 18.1. The summed E-state index contributed by atoms with van der Waals surface area (Å²) in [6, 6.07) is 13.0. The average Bonchev–Trinajstić information content (AvgIpc) is 2.74. The first-order valence-corrected chi connectivity index (χ1v) is 10.1. The highest BCUT2D eigenvalue weighted by Crippen LogP contribution is 2.08. The van der Waals surface area contributed by atoms with Crippen LogP contribution >= 0.6 is 15.9 Å². The summed E-state index contributed by atoms with van der Waals surface area (Å²) in [5.74, 6) is 0.135. The van der Waals surface area contributed by atoms with Gasteiger partial charge in [0, 0.05) is 36.6 Å². The van der Waals surface area contributed by atoms with Crippen LogP contribution in [0.4, 0.5) is 0 Å². The van der Waals surface area contributed by atoms with Gasteiger partial charge in [-0.25, -0.2) is 0 Å². The van der Waals surface area contributed by atoms with Crippen LogP contribution in [0.5, 0.6) is 0 Å². The second-order valence-electron chi connectivity index (χ2n) is 6.52. The van der Waals surface area contributed by atoms with Crippen LogP contribution in [-0.2, 0) is 4.79 Å². The molecule has 148 valence electrons. The van der Waals surface area contributed by atoms with Gasteiger partial charge in [0.2, 0.25) is 5.91 Å². The topological polar surface area (TPSA) is 51.1 Å². The molecule has 0 fully saturated rings. The molecule has 1 aliphatic heterocycles. The third kappa shape index (κ3) is 8.26. The van der Waals surface area contributed by atoms with Crippen molar-refractivity contribution in [1.82, 2.24) is 9.88 Å². The summed E-state index contributed by atoms with van der Waals surface area (Å²) in [6.07, 6.45) is 15.8. The van der Waals surface area contributed by atoms with Crippen LogP contribution in [-0.4, -0.2) is 10.5 Å². The lowest BCUT2D eigenvalue weighted by atomic mass is 10.1. The van der Waals surface area contributed by atoms with Gasteiger partial charge in [-0.1, -0.05) is 29.8 Å². The van der Waals surface area contributed by atoms with Crippen molar-refractivity contribution in [3.8, 4) is 5.69 Å². The molecule has 4 nitrogen and oxygen atoms in total. The summed E-state index contributed by atoms with van der Waals surface area (Å²) in [5, 5.41) is 2.63. The number of para-hydroxylation sites is 1. The number of nitrogens with zero attached hydrogens (tertiary/aromatic N) is 1. The first-order chi connectivity index (χ1) is 14.0. The van der Waals surface area contributed by atoms with E-state index in [9.17, 15) is 9.59 Å². The van der Waals surface area contributed by atoms with Crippen LogP contribution in [0.1, 0.15) is 25.3 Å². The number of amides is 1. The van der Waals surface area contributed by atoms with Gasteiger partial charge in [0.25, 0.3) is 5.56 Å². The second-order valence-corrected chi connectivity index (χ2v) is 7.37. The second kappa shape index (κ2) is 11.7. The zero-order valence-electron chi connectivity index (χ0n) is 16.6. The molecule has 2 aromatic rings. The minimum Gasteiger partial charge on any atom is -0.333 e. The molecule has 0 saturated carbocycles. The quantitative estimate of drug-likeness (QED) is 0.610. The maximum absolute atomic E-state index is 11.5. The van der Waals surface area contributed by atoms with Crippen molar-refractivity contribution < 1.29 is 4.79 Å². The predicted octanol–water partition coefficient (Wildman–Crippen LogP) is 5.14. The third-order valence-electron chi connectivity index (χ3n) is 3.99. The molecule has 5 heteroatoms. The summed E-state index contributed by atoms with van der Waals surface area (Å²) >= 11 is 3.26. The lowest BCUT2D eigenvalue weighted by Crippen LogP contribution is -2.20. The van der Waals surface area contributed by atoms with E-state index >= 15 is 0 Å². The maximum atomic E-state index is 11.5. The van der Waals surface area contributed by atoms with Gasteiger partial charge in [-0.2, -0.15) is 0 Å². The van der Waals surface area contributed by atoms with E-state index in [-0.39, 0.29) is 11.5 Å². The first kappa shape index (κ1) is 22.3. The summed E-state index contributed by atoms with van der Waals surface area (Å²) < 4.78 is 2.66. The van der Waals surface area contributed by atoms with Crippen molar-refractivity contribution in [2.75, 3.05) is 0 Å². The van der Waals surface area contributed by atoms with Crippen molar-refractivity contribution >= 4 is 21.8 Å². The van der Waals surface area contributed by atoms with Crippen molar-refractivity contribution in [3.05, 3.63) is 111 Å². The van der Waals surface area contributed by atoms with E-state index in [2.05, 4.69) is 27.3 Å². The molecule has 0 bridgehead atoms. The number of rotatable bonds is 1. The lowest BCUT2D eigenvalue weighted by Gasteiger charge is -2.07. The fourth-order valence-electron chi connectivity index (χ4n) is 2.41. The molecule has 1 N–H and O–H groups in total. The molecule has 0 spiro atoms. The number of halogens is 1. The number of allylic oxidation sites excluding steroid dienone is 7. The number of hydrogen-bond donors (Lipinski definition) is 1.